The van der Waals surface area contributed by atoms with E-state index in [0.717, 1.165) is 6.42 Å². The van der Waals surface area contributed by atoms with Crippen molar-refractivity contribution in [3.05, 3.63) is 29.8 Å². The first-order valence-electron chi connectivity index (χ1n) is 8.03. The summed E-state index contributed by atoms with van der Waals surface area (Å²) in [5, 5.41) is 6.57. The summed E-state index contributed by atoms with van der Waals surface area (Å²) in [6.07, 6.45) is -3.94. The number of aliphatic imine (C=N–C) groups is 1. The lowest BCUT2D eigenvalue weighted by Gasteiger charge is -2.24. The summed E-state index contributed by atoms with van der Waals surface area (Å²) in [5.41, 5.74) is 0.418. The summed E-state index contributed by atoms with van der Waals surface area (Å²) in [6, 6.07) is 6.35. The second kappa shape index (κ2) is 8.46. The fraction of sp³-hybridized carbons (Fsp3) is 0.588. The Labute approximate surface area is 163 Å². The third-order valence-corrected chi connectivity index (χ3v) is 3.47. The Morgan fingerprint density at radius 1 is 1.24 bits per heavy atom. The van der Waals surface area contributed by atoms with Gasteiger partial charge in [-0.15, -0.1) is 37.1 Å². The molecule has 1 aliphatic carbocycles. The van der Waals surface area contributed by atoms with Gasteiger partial charge in [0.25, 0.3) is 0 Å². The third-order valence-electron chi connectivity index (χ3n) is 3.47. The molecule has 142 valence electrons. The fourth-order valence-electron chi connectivity index (χ4n) is 2.51. The number of rotatable bonds is 4. The van der Waals surface area contributed by atoms with Gasteiger partial charge in [0, 0.05) is 24.0 Å². The van der Waals surface area contributed by atoms with Crippen LogP contribution in [-0.2, 0) is 0 Å². The number of halogens is 4. The fourth-order valence-corrected chi connectivity index (χ4v) is 2.51. The van der Waals surface area contributed by atoms with Crippen molar-refractivity contribution in [1.82, 2.24) is 10.6 Å². The predicted molar refractivity (Wildman–Crippen MR) is 104 cm³/mol. The van der Waals surface area contributed by atoms with E-state index >= 15 is 0 Å². The Kier molecular flexibility index (Phi) is 7.40. The second-order valence-corrected chi connectivity index (χ2v) is 6.88. The quantitative estimate of drug-likeness (QED) is 0.389. The van der Waals surface area contributed by atoms with Crippen molar-refractivity contribution >= 4 is 29.9 Å². The van der Waals surface area contributed by atoms with Gasteiger partial charge in [-0.25, -0.2) is 0 Å². The molecule has 0 radical (unpaired) electrons. The first-order chi connectivity index (χ1) is 11.1. The first kappa shape index (κ1) is 21.9. The van der Waals surface area contributed by atoms with E-state index < -0.39 is 6.36 Å². The van der Waals surface area contributed by atoms with Crippen molar-refractivity contribution in [2.24, 2.45) is 4.99 Å². The third kappa shape index (κ3) is 7.29. The van der Waals surface area contributed by atoms with Gasteiger partial charge < -0.3 is 15.4 Å². The highest BCUT2D eigenvalue weighted by atomic mass is 127. The smallest absolute Gasteiger partial charge is 0.405 e. The Bertz CT molecular complexity index is 600. The van der Waals surface area contributed by atoms with Gasteiger partial charge in [0.2, 0.25) is 0 Å². The van der Waals surface area contributed by atoms with E-state index in [4.69, 9.17) is 0 Å². The number of nitrogens with zero attached hydrogens (tertiary/aromatic N) is 1. The molecule has 0 heterocycles. The number of benzene rings is 1. The van der Waals surface area contributed by atoms with Crippen molar-refractivity contribution in [3.63, 3.8) is 0 Å². The van der Waals surface area contributed by atoms with Gasteiger partial charge in [0.1, 0.15) is 5.75 Å². The molecular formula is C17H25F3IN3O. The van der Waals surface area contributed by atoms with Gasteiger partial charge in [0.15, 0.2) is 5.96 Å². The van der Waals surface area contributed by atoms with Gasteiger partial charge in [-0.1, -0.05) is 18.2 Å². The summed E-state index contributed by atoms with van der Waals surface area (Å²) >= 11 is 0. The molecule has 0 saturated heterocycles. The molecule has 0 aromatic heterocycles. The van der Waals surface area contributed by atoms with Crippen molar-refractivity contribution in [2.75, 3.05) is 6.54 Å². The SMILES string of the molecule is CCN=C(NC1CC1c1ccccc1OC(F)(F)F)NC(C)(C)C.I. The number of nitrogens with one attached hydrogen (secondary N) is 2. The molecule has 2 rings (SSSR count). The topological polar surface area (TPSA) is 45.7 Å². The van der Waals surface area contributed by atoms with Crippen LogP contribution in [0.15, 0.2) is 29.3 Å². The molecule has 1 saturated carbocycles. The summed E-state index contributed by atoms with van der Waals surface area (Å²) in [6.45, 7) is 8.63. The summed E-state index contributed by atoms with van der Waals surface area (Å²) < 4.78 is 41.7. The maximum absolute atomic E-state index is 12.5. The van der Waals surface area contributed by atoms with Crippen LogP contribution in [0.3, 0.4) is 0 Å². The average Bonchev–Trinajstić information content (AvgIpc) is 3.15. The van der Waals surface area contributed by atoms with Crippen molar-refractivity contribution in [3.8, 4) is 5.75 Å². The Morgan fingerprint density at radius 2 is 1.88 bits per heavy atom. The monoisotopic (exact) mass is 471 g/mol. The zero-order valence-electron chi connectivity index (χ0n) is 14.8. The van der Waals surface area contributed by atoms with E-state index in [-0.39, 0.29) is 47.2 Å². The van der Waals surface area contributed by atoms with Gasteiger partial charge in [-0.3, -0.25) is 4.99 Å². The molecule has 0 bridgehead atoms. The van der Waals surface area contributed by atoms with Crippen molar-refractivity contribution in [2.45, 2.75) is 58.0 Å². The van der Waals surface area contributed by atoms with Gasteiger partial charge in [-0.2, -0.15) is 0 Å². The van der Waals surface area contributed by atoms with E-state index in [0.29, 0.717) is 18.1 Å². The Balaban J connectivity index is 0.00000312. The zero-order chi connectivity index (χ0) is 18.0. The van der Waals surface area contributed by atoms with Gasteiger partial charge in [0.05, 0.1) is 0 Å². The molecule has 0 aliphatic heterocycles. The molecule has 2 N–H and O–H groups in total. The number of hydrogen-bond donors (Lipinski definition) is 2. The number of para-hydroxylation sites is 1. The maximum atomic E-state index is 12.5. The first-order valence-corrected chi connectivity index (χ1v) is 8.03. The highest BCUT2D eigenvalue weighted by molar-refractivity contribution is 14.0. The molecule has 4 nitrogen and oxygen atoms in total. The number of guanidine groups is 1. The minimum absolute atomic E-state index is 0. The standard InChI is InChI=1S/C17H24F3N3O.HI/c1-5-21-15(23-16(2,3)4)22-13-10-12(13)11-8-6-7-9-14(11)24-17(18,19)20;/h6-9,12-13H,5,10H2,1-4H3,(H2,21,22,23);1H. The minimum atomic E-state index is -4.68. The minimum Gasteiger partial charge on any atom is -0.405 e. The van der Waals surface area contributed by atoms with Crippen LogP contribution in [0.5, 0.6) is 5.75 Å². The molecule has 0 spiro atoms. The van der Waals surface area contributed by atoms with Crippen molar-refractivity contribution < 1.29 is 17.9 Å². The van der Waals surface area contributed by atoms with Crippen LogP contribution in [0.25, 0.3) is 0 Å². The molecule has 2 unspecified atom stereocenters. The lowest BCUT2D eigenvalue weighted by Crippen LogP contribution is -2.48. The van der Waals surface area contributed by atoms with Crippen LogP contribution in [0, 0.1) is 0 Å². The van der Waals surface area contributed by atoms with Crippen LogP contribution in [-0.4, -0.2) is 30.4 Å². The molecular weight excluding hydrogens is 446 g/mol. The summed E-state index contributed by atoms with van der Waals surface area (Å²) in [7, 11) is 0. The van der Waals surface area contributed by atoms with Gasteiger partial charge >= 0.3 is 6.36 Å². The molecule has 1 fully saturated rings. The van der Waals surface area contributed by atoms with Gasteiger partial charge in [-0.05, 0) is 45.7 Å². The maximum Gasteiger partial charge on any atom is 0.573 e. The molecule has 2 atom stereocenters. The summed E-state index contributed by atoms with van der Waals surface area (Å²) in [4.78, 5) is 4.38. The second-order valence-electron chi connectivity index (χ2n) is 6.88. The number of hydrogen-bond acceptors (Lipinski definition) is 2. The molecule has 1 aliphatic rings. The lowest BCUT2D eigenvalue weighted by molar-refractivity contribution is -0.274. The Morgan fingerprint density at radius 3 is 2.44 bits per heavy atom. The molecule has 1 aromatic carbocycles. The van der Waals surface area contributed by atoms with Crippen LogP contribution in [0.2, 0.25) is 0 Å². The highest BCUT2D eigenvalue weighted by Gasteiger charge is 2.42. The van der Waals surface area contributed by atoms with Crippen molar-refractivity contribution in [1.29, 1.82) is 0 Å². The van der Waals surface area contributed by atoms with Crippen LogP contribution >= 0.6 is 24.0 Å². The summed E-state index contributed by atoms with van der Waals surface area (Å²) in [5.74, 6) is 0.524. The number of alkyl halides is 3. The average molecular weight is 471 g/mol. The van der Waals surface area contributed by atoms with E-state index in [1.54, 1.807) is 18.2 Å². The molecule has 1 aromatic rings. The van der Waals surface area contributed by atoms with Crippen LogP contribution in [0.4, 0.5) is 13.2 Å². The van der Waals surface area contributed by atoms with E-state index in [9.17, 15) is 13.2 Å². The molecule has 0 amide bonds. The highest BCUT2D eigenvalue weighted by Crippen LogP contribution is 2.45. The zero-order valence-corrected chi connectivity index (χ0v) is 17.1. The van der Waals surface area contributed by atoms with E-state index in [1.807, 2.05) is 27.7 Å². The number of ether oxygens (including phenoxy) is 1. The van der Waals surface area contributed by atoms with Crippen LogP contribution < -0.4 is 15.4 Å². The van der Waals surface area contributed by atoms with E-state index in [2.05, 4.69) is 20.4 Å². The Hall–Kier alpha value is -1.19. The predicted octanol–water partition coefficient (Wildman–Crippen LogP) is 4.41. The lowest BCUT2D eigenvalue weighted by atomic mass is 10.1. The normalized spacial score (nSPS) is 20.5. The largest absolute Gasteiger partial charge is 0.573 e. The molecule has 8 heteroatoms. The van der Waals surface area contributed by atoms with Crippen LogP contribution in [0.1, 0.15) is 45.6 Å². The molecule has 25 heavy (non-hydrogen) atoms. The van der Waals surface area contributed by atoms with E-state index in [1.165, 1.54) is 6.07 Å².